The summed E-state index contributed by atoms with van der Waals surface area (Å²) in [5, 5.41) is 11.5. The lowest BCUT2D eigenvalue weighted by Crippen LogP contribution is -2.49. The zero-order chi connectivity index (χ0) is 10.1. The van der Waals surface area contributed by atoms with E-state index in [0.29, 0.717) is 0 Å². The van der Waals surface area contributed by atoms with Crippen LogP contribution in [0.15, 0.2) is 0 Å². The average Bonchev–Trinajstić information content (AvgIpc) is 2.33. The summed E-state index contributed by atoms with van der Waals surface area (Å²) in [6.45, 7) is 3.35. The molecule has 2 atom stereocenters. The lowest BCUT2D eigenvalue weighted by molar-refractivity contribution is -0.148. The number of amides is 1. The highest BCUT2D eigenvalue weighted by atomic mass is 16.5. The van der Waals surface area contributed by atoms with E-state index in [1.807, 2.05) is 0 Å². The van der Waals surface area contributed by atoms with Crippen molar-refractivity contribution in [2.24, 2.45) is 5.41 Å². The smallest absolute Gasteiger partial charge is 0.313 e. The third kappa shape index (κ3) is 1.80. The number of rotatable bonds is 2. The largest absolute Gasteiger partial charge is 0.481 e. The number of carbonyl (C=O) groups is 2. The molecular weight excluding hydrogens is 174 g/mol. The van der Waals surface area contributed by atoms with Crippen LogP contribution in [0.1, 0.15) is 13.8 Å². The molecule has 0 bridgehead atoms. The van der Waals surface area contributed by atoms with Crippen LogP contribution in [-0.4, -0.2) is 36.2 Å². The van der Waals surface area contributed by atoms with Crippen LogP contribution in [-0.2, 0) is 14.3 Å². The molecule has 74 valence electrons. The Hall–Kier alpha value is -1.10. The Bertz CT molecular complexity index is 240. The zero-order valence-electron chi connectivity index (χ0n) is 7.66. The molecule has 0 aromatic rings. The maximum Gasteiger partial charge on any atom is 0.313 e. The highest BCUT2D eigenvalue weighted by Crippen LogP contribution is 2.28. The van der Waals surface area contributed by atoms with Crippen LogP contribution in [0.4, 0.5) is 0 Å². The van der Waals surface area contributed by atoms with Gasteiger partial charge in [-0.2, -0.15) is 0 Å². The van der Waals surface area contributed by atoms with Gasteiger partial charge in [0.05, 0.1) is 19.3 Å². The minimum Gasteiger partial charge on any atom is -0.481 e. The molecule has 1 saturated heterocycles. The molecule has 1 amide bonds. The first-order chi connectivity index (χ1) is 5.97. The Labute approximate surface area is 76.1 Å². The van der Waals surface area contributed by atoms with Crippen molar-refractivity contribution in [1.82, 2.24) is 5.32 Å². The van der Waals surface area contributed by atoms with Gasteiger partial charge in [0.25, 0.3) is 0 Å². The van der Waals surface area contributed by atoms with Gasteiger partial charge in [-0.25, -0.2) is 0 Å². The van der Waals surface area contributed by atoms with Gasteiger partial charge in [-0.3, -0.25) is 9.59 Å². The SMILES string of the molecule is CC(=O)NC1COCC1(C)C(=O)O. The topological polar surface area (TPSA) is 75.6 Å². The van der Waals surface area contributed by atoms with Crippen LogP contribution in [0.25, 0.3) is 0 Å². The molecule has 1 heterocycles. The van der Waals surface area contributed by atoms with E-state index in [9.17, 15) is 9.59 Å². The predicted octanol–water partition coefficient (Wildman–Crippen LogP) is -0.388. The van der Waals surface area contributed by atoms with Gasteiger partial charge in [0.1, 0.15) is 5.41 Å². The number of nitrogens with one attached hydrogen (secondary N) is 1. The fraction of sp³-hybridized carbons (Fsp3) is 0.750. The van der Waals surface area contributed by atoms with Crippen LogP contribution in [0.3, 0.4) is 0 Å². The first-order valence-corrected chi connectivity index (χ1v) is 4.05. The molecule has 1 fully saturated rings. The summed E-state index contributed by atoms with van der Waals surface area (Å²) in [5.74, 6) is -1.17. The monoisotopic (exact) mass is 187 g/mol. The van der Waals surface area contributed by atoms with Gasteiger partial charge in [-0.15, -0.1) is 0 Å². The minimum atomic E-state index is -0.994. The fourth-order valence-electron chi connectivity index (χ4n) is 1.33. The first-order valence-electron chi connectivity index (χ1n) is 4.05. The van der Waals surface area contributed by atoms with E-state index in [4.69, 9.17) is 9.84 Å². The number of hydrogen-bond donors (Lipinski definition) is 2. The summed E-state index contributed by atoms with van der Waals surface area (Å²) in [5.41, 5.74) is -0.994. The Balaban J connectivity index is 2.73. The van der Waals surface area contributed by atoms with E-state index in [1.54, 1.807) is 6.92 Å². The number of hydrogen-bond acceptors (Lipinski definition) is 3. The van der Waals surface area contributed by atoms with E-state index >= 15 is 0 Å². The van der Waals surface area contributed by atoms with Crippen LogP contribution in [0.5, 0.6) is 0 Å². The fourth-order valence-corrected chi connectivity index (χ4v) is 1.33. The number of aliphatic carboxylic acids is 1. The van der Waals surface area contributed by atoms with Gasteiger partial charge in [0, 0.05) is 6.92 Å². The van der Waals surface area contributed by atoms with Crippen LogP contribution < -0.4 is 5.32 Å². The lowest BCUT2D eigenvalue weighted by Gasteiger charge is -2.24. The molecule has 1 aliphatic heterocycles. The van der Waals surface area contributed by atoms with Gasteiger partial charge < -0.3 is 15.2 Å². The Morgan fingerprint density at radius 3 is 2.69 bits per heavy atom. The molecule has 1 rings (SSSR count). The van der Waals surface area contributed by atoms with E-state index < -0.39 is 17.4 Å². The zero-order valence-corrected chi connectivity index (χ0v) is 7.66. The molecule has 0 saturated carbocycles. The maximum absolute atomic E-state index is 10.9. The van der Waals surface area contributed by atoms with Gasteiger partial charge in [0.2, 0.25) is 5.91 Å². The summed E-state index contributed by atoms with van der Waals surface area (Å²) in [4.78, 5) is 21.6. The van der Waals surface area contributed by atoms with Crippen molar-refractivity contribution in [2.45, 2.75) is 19.9 Å². The Morgan fingerprint density at radius 1 is 1.62 bits per heavy atom. The standard InChI is InChI=1S/C8H13NO4/c1-5(10)9-6-3-13-4-8(6,2)7(11)12/h6H,3-4H2,1-2H3,(H,9,10)(H,11,12). The summed E-state index contributed by atoms with van der Waals surface area (Å²) < 4.78 is 5.04. The molecule has 0 aliphatic carbocycles. The second-order valence-electron chi connectivity index (χ2n) is 3.49. The third-order valence-electron chi connectivity index (χ3n) is 2.32. The van der Waals surface area contributed by atoms with Crippen molar-refractivity contribution >= 4 is 11.9 Å². The second kappa shape index (κ2) is 3.33. The molecular formula is C8H13NO4. The van der Waals surface area contributed by atoms with E-state index in [0.717, 1.165) is 0 Å². The van der Waals surface area contributed by atoms with Crippen molar-refractivity contribution in [2.75, 3.05) is 13.2 Å². The van der Waals surface area contributed by atoms with Crippen molar-refractivity contribution < 1.29 is 19.4 Å². The highest BCUT2D eigenvalue weighted by molar-refractivity contribution is 5.79. The van der Waals surface area contributed by atoms with Crippen molar-refractivity contribution in [3.05, 3.63) is 0 Å². The van der Waals surface area contributed by atoms with Gasteiger partial charge in [0.15, 0.2) is 0 Å². The minimum absolute atomic E-state index is 0.146. The summed E-state index contributed by atoms with van der Waals surface area (Å²) in [6, 6.07) is -0.428. The van der Waals surface area contributed by atoms with Crippen molar-refractivity contribution in [1.29, 1.82) is 0 Å². The van der Waals surface area contributed by atoms with Crippen LogP contribution in [0.2, 0.25) is 0 Å². The molecule has 5 nitrogen and oxygen atoms in total. The summed E-state index contributed by atoms with van der Waals surface area (Å²) in [6.07, 6.45) is 0. The molecule has 1 aliphatic rings. The molecule has 0 radical (unpaired) electrons. The molecule has 0 spiro atoms. The third-order valence-corrected chi connectivity index (χ3v) is 2.32. The molecule has 5 heteroatoms. The lowest BCUT2D eigenvalue weighted by atomic mass is 9.85. The van der Waals surface area contributed by atoms with Gasteiger partial charge >= 0.3 is 5.97 Å². The van der Waals surface area contributed by atoms with E-state index in [-0.39, 0.29) is 19.1 Å². The number of ether oxygens (including phenoxy) is 1. The van der Waals surface area contributed by atoms with Gasteiger partial charge in [-0.05, 0) is 6.92 Å². The van der Waals surface area contributed by atoms with Gasteiger partial charge in [-0.1, -0.05) is 0 Å². The molecule has 0 aromatic heterocycles. The molecule has 0 aromatic carbocycles. The number of carbonyl (C=O) groups excluding carboxylic acids is 1. The number of carboxylic acids is 1. The maximum atomic E-state index is 10.9. The molecule has 2 unspecified atom stereocenters. The Kier molecular flexibility index (Phi) is 2.56. The van der Waals surface area contributed by atoms with Crippen molar-refractivity contribution in [3.63, 3.8) is 0 Å². The molecule has 2 N–H and O–H groups in total. The Morgan fingerprint density at radius 2 is 2.23 bits per heavy atom. The quantitative estimate of drug-likeness (QED) is 0.617. The highest BCUT2D eigenvalue weighted by Gasteiger charge is 2.46. The molecule has 13 heavy (non-hydrogen) atoms. The summed E-state index contributed by atoms with van der Waals surface area (Å²) >= 11 is 0. The average molecular weight is 187 g/mol. The van der Waals surface area contributed by atoms with Crippen LogP contribution in [0, 0.1) is 5.41 Å². The van der Waals surface area contributed by atoms with E-state index in [2.05, 4.69) is 5.32 Å². The van der Waals surface area contributed by atoms with Crippen molar-refractivity contribution in [3.8, 4) is 0 Å². The normalized spacial score (nSPS) is 32.9. The van der Waals surface area contributed by atoms with E-state index in [1.165, 1.54) is 6.92 Å². The predicted molar refractivity (Wildman–Crippen MR) is 44.2 cm³/mol. The number of carboxylic acid groups (broad SMARTS) is 1. The summed E-state index contributed by atoms with van der Waals surface area (Å²) in [7, 11) is 0. The van der Waals surface area contributed by atoms with Crippen LogP contribution >= 0.6 is 0 Å². The first kappa shape index (κ1) is 9.98. The second-order valence-corrected chi connectivity index (χ2v) is 3.49.